The van der Waals surface area contributed by atoms with Gasteiger partial charge in [0.05, 0.1) is 20.3 Å². The van der Waals surface area contributed by atoms with E-state index in [0.29, 0.717) is 30.4 Å². The SMILES string of the molecule is C=CC(=O)Nc1ccc(OC)c(OC2CCOCC2)c1. The Morgan fingerprint density at radius 2 is 2.15 bits per heavy atom. The zero-order valence-corrected chi connectivity index (χ0v) is 11.6. The van der Waals surface area contributed by atoms with Gasteiger partial charge in [-0.05, 0) is 18.2 Å². The van der Waals surface area contributed by atoms with Crippen LogP contribution in [0.2, 0.25) is 0 Å². The molecule has 5 nitrogen and oxygen atoms in total. The molecule has 2 rings (SSSR count). The summed E-state index contributed by atoms with van der Waals surface area (Å²) in [5.74, 6) is 1.02. The fourth-order valence-corrected chi connectivity index (χ4v) is 2.01. The highest BCUT2D eigenvalue weighted by molar-refractivity contribution is 5.99. The molecule has 0 saturated carbocycles. The Morgan fingerprint density at radius 1 is 1.40 bits per heavy atom. The van der Waals surface area contributed by atoms with E-state index < -0.39 is 0 Å². The highest BCUT2D eigenvalue weighted by Gasteiger charge is 2.17. The van der Waals surface area contributed by atoms with Crippen LogP contribution in [-0.2, 0) is 9.53 Å². The van der Waals surface area contributed by atoms with Gasteiger partial charge >= 0.3 is 0 Å². The van der Waals surface area contributed by atoms with Crippen molar-refractivity contribution >= 4 is 11.6 Å². The molecule has 0 aliphatic carbocycles. The number of nitrogens with one attached hydrogen (secondary N) is 1. The Balaban J connectivity index is 2.12. The summed E-state index contributed by atoms with van der Waals surface area (Å²) in [6, 6.07) is 5.29. The van der Waals surface area contributed by atoms with Crippen LogP contribution in [0.1, 0.15) is 12.8 Å². The summed E-state index contributed by atoms with van der Waals surface area (Å²) in [6.45, 7) is 4.84. The van der Waals surface area contributed by atoms with E-state index in [1.54, 1.807) is 25.3 Å². The summed E-state index contributed by atoms with van der Waals surface area (Å²) in [4.78, 5) is 11.3. The molecule has 0 spiro atoms. The third-order valence-electron chi connectivity index (χ3n) is 3.08. The van der Waals surface area contributed by atoms with Gasteiger partial charge in [-0.2, -0.15) is 0 Å². The zero-order valence-electron chi connectivity index (χ0n) is 11.6. The van der Waals surface area contributed by atoms with Crippen molar-refractivity contribution in [3.63, 3.8) is 0 Å². The van der Waals surface area contributed by atoms with Gasteiger partial charge in [0.2, 0.25) is 5.91 Å². The molecule has 0 unspecified atom stereocenters. The molecule has 0 radical (unpaired) electrons. The van der Waals surface area contributed by atoms with E-state index in [2.05, 4.69) is 11.9 Å². The number of rotatable bonds is 5. The third kappa shape index (κ3) is 3.74. The second-order valence-corrected chi connectivity index (χ2v) is 4.49. The van der Waals surface area contributed by atoms with Crippen LogP contribution in [0.25, 0.3) is 0 Å². The molecule has 1 heterocycles. The number of carbonyl (C=O) groups is 1. The standard InChI is InChI=1S/C15H19NO4/c1-3-15(17)16-11-4-5-13(18-2)14(10-11)20-12-6-8-19-9-7-12/h3-5,10,12H,1,6-9H2,2H3,(H,16,17). The summed E-state index contributed by atoms with van der Waals surface area (Å²) < 4.78 is 16.5. The van der Waals surface area contributed by atoms with E-state index in [9.17, 15) is 4.79 Å². The van der Waals surface area contributed by atoms with Gasteiger partial charge in [0.1, 0.15) is 6.10 Å². The zero-order chi connectivity index (χ0) is 14.4. The van der Waals surface area contributed by atoms with E-state index in [1.165, 1.54) is 6.08 Å². The number of carbonyl (C=O) groups excluding carboxylic acids is 1. The van der Waals surface area contributed by atoms with Crippen molar-refractivity contribution in [1.82, 2.24) is 0 Å². The van der Waals surface area contributed by atoms with Crippen molar-refractivity contribution in [2.45, 2.75) is 18.9 Å². The molecule has 1 fully saturated rings. The van der Waals surface area contributed by atoms with Gasteiger partial charge in [0.15, 0.2) is 11.5 Å². The predicted molar refractivity (Wildman–Crippen MR) is 76.3 cm³/mol. The summed E-state index contributed by atoms with van der Waals surface area (Å²) in [5.41, 5.74) is 0.651. The summed E-state index contributed by atoms with van der Waals surface area (Å²) in [5, 5.41) is 2.70. The van der Waals surface area contributed by atoms with Gasteiger partial charge in [-0.3, -0.25) is 4.79 Å². The summed E-state index contributed by atoms with van der Waals surface area (Å²) in [6.07, 6.45) is 3.05. The highest BCUT2D eigenvalue weighted by atomic mass is 16.5. The molecular weight excluding hydrogens is 258 g/mol. The van der Waals surface area contributed by atoms with Crippen LogP contribution >= 0.6 is 0 Å². The van der Waals surface area contributed by atoms with Crippen LogP contribution in [-0.4, -0.2) is 32.3 Å². The first-order valence-corrected chi connectivity index (χ1v) is 6.59. The smallest absolute Gasteiger partial charge is 0.247 e. The van der Waals surface area contributed by atoms with Gasteiger partial charge in [-0.1, -0.05) is 6.58 Å². The molecule has 1 aliphatic heterocycles. The molecule has 1 aromatic carbocycles. The number of anilines is 1. The van der Waals surface area contributed by atoms with E-state index in [0.717, 1.165) is 12.8 Å². The molecule has 1 aromatic rings. The summed E-state index contributed by atoms with van der Waals surface area (Å²) >= 11 is 0. The Labute approximate surface area is 118 Å². The first kappa shape index (κ1) is 14.4. The second kappa shape index (κ2) is 6.96. The number of hydrogen-bond donors (Lipinski definition) is 1. The normalized spacial score (nSPS) is 15.4. The van der Waals surface area contributed by atoms with Crippen LogP contribution in [0, 0.1) is 0 Å². The number of amides is 1. The molecule has 0 bridgehead atoms. The Bertz CT molecular complexity index is 481. The molecule has 1 N–H and O–H groups in total. The lowest BCUT2D eigenvalue weighted by Crippen LogP contribution is -2.26. The predicted octanol–water partition coefficient (Wildman–Crippen LogP) is 2.38. The average molecular weight is 277 g/mol. The number of hydrogen-bond acceptors (Lipinski definition) is 4. The number of ether oxygens (including phenoxy) is 3. The maximum Gasteiger partial charge on any atom is 0.247 e. The largest absolute Gasteiger partial charge is 0.493 e. The number of methoxy groups -OCH3 is 1. The lowest BCUT2D eigenvalue weighted by atomic mass is 10.1. The Morgan fingerprint density at radius 3 is 2.80 bits per heavy atom. The van der Waals surface area contributed by atoms with Crippen molar-refractivity contribution in [2.75, 3.05) is 25.6 Å². The van der Waals surface area contributed by atoms with E-state index in [1.807, 2.05) is 0 Å². The molecule has 1 saturated heterocycles. The minimum absolute atomic E-state index is 0.114. The van der Waals surface area contributed by atoms with Crippen LogP contribution in [0.4, 0.5) is 5.69 Å². The molecule has 0 aromatic heterocycles. The Hall–Kier alpha value is -2.01. The quantitative estimate of drug-likeness (QED) is 0.840. The van der Waals surface area contributed by atoms with Crippen molar-refractivity contribution in [3.05, 3.63) is 30.9 Å². The molecule has 1 aliphatic rings. The molecule has 20 heavy (non-hydrogen) atoms. The molecule has 1 amide bonds. The van der Waals surface area contributed by atoms with Crippen molar-refractivity contribution in [2.24, 2.45) is 0 Å². The van der Waals surface area contributed by atoms with Gasteiger partial charge in [0.25, 0.3) is 0 Å². The molecule has 5 heteroatoms. The average Bonchev–Trinajstić information content (AvgIpc) is 2.48. The van der Waals surface area contributed by atoms with Gasteiger partial charge in [-0.15, -0.1) is 0 Å². The Kier molecular flexibility index (Phi) is 5.01. The molecule has 0 atom stereocenters. The van der Waals surface area contributed by atoms with Crippen molar-refractivity contribution in [1.29, 1.82) is 0 Å². The first-order chi connectivity index (χ1) is 9.72. The summed E-state index contributed by atoms with van der Waals surface area (Å²) in [7, 11) is 1.59. The third-order valence-corrected chi connectivity index (χ3v) is 3.08. The van der Waals surface area contributed by atoms with Gasteiger partial charge in [-0.25, -0.2) is 0 Å². The van der Waals surface area contributed by atoms with Crippen LogP contribution < -0.4 is 14.8 Å². The van der Waals surface area contributed by atoms with Crippen molar-refractivity contribution in [3.8, 4) is 11.5 Å². The van der Waals surface area contributed by atoms with Crippen LogP contribution in [0.5, 0.6) is 11.5 Å². The van der Waals surface area contributed by atoms with E-state index in [4.69, 9.17) is 14.2 Å². The fraction of sp³-hybridized carbons (Fsp3) is 0.400. The molecular formula is C15H19NO4. The monoisotopic (exact) mass is 277 g/mol. The lowest BCUT2D eigenvalue weighted by molar-refractivity contribution is -0.111. The minimum Gasteiger partial charge on any atom is -0.493 e. The maximum atomic E-state index is 11.3. The van der Waals surface area contributed by atoms with Crippen molar-refractivity contribution < 1.29 is 19.0 Å². The van der Waals surface area contributed by atoms with Gasteiger partial charge in [0, 0.05) is 24.6 Å². The second-order valence-electron chi connectivity index (χ2n) is 4.49. The van der Waals surface area contributed by atoms with Gasteiger partial charge < -0.3 is 19.5 Å². The van der Waals surface area contributed by atoms with E-state index in [-0.39, 0.29) is 12.0 Å². The van der Waals surface area contributed by atoms with Crippen LogP contribution in [0.3, 0.4) is 0 Å². The van der Waals surface area contributed by atoms with E-state index >= 15 is 0 Å². The topological polar surface area (TPSA) is 56.8 Å². The lowest BCUT2D eigenvalue weighted by Gasteiger charge is -2.24. The minimum atomic E-state index is -0.257. The fourth-order valence-electron chi connectivity index (χ4n) is 2.01. The first-order valence-electron chi connectivity index (χ1n) is 6.59. The highest BCUT2D eigenvalue weighted by Crippen LogP contribution is 2.32. The van der Waals surface area contributed by atoms with Crippen LogP contribution in [0.15, 0.2) is 30.9 Å². The maximum absolute atomic E-state index is 11.3. The number of benzene rings is 1. The molecule has 108 valence electrons.